The van der Waals surface area contributed by atoms with E-state index in [1.54, 1.807) is 0 Å². The number of rotatable bonds is 4. The molecular weight excluding hydrogens is 154 g/mol. The summed E-state index contributed by atoms with van der Waals surface area (Å²) in [5.74, 6) is 0. The molecule has 0 aromatic carbocycles. The van der Waals surface area contributed by atoms with Gasteiger partial charge in [-0.15, -0.1) is 0 Å². The highest BCUT2D eigenvalue weighted by Gasteiger charge is 2.19. The number of hydrogen-bond donors (Lipinski definition) is 0. The first kappa shape index (κ1) is 10.7. The summed E-state index contributed by atoms with van der Waals surface area (Å²) in [6, 6.07) is 2.17. The molecule has 0 aromatic heterocycles. The third-order valence-corrected chi connectivity index (χ3v) is 2.18. The molecule has 11 heavy (non-hydrogen) atoms. The van der Waals surface area contributed by atoms with Crippen LogP contribution in [-0.4, -0.2) is 14.4 Å². The lowest BCUT2D eigenvalue weighted by molar-refractivity contribution is 0.237. The highest BCUT2D eigenvalue weighted by atomic mass is 28.4. The molecule has 0 N–H and O–H groups in total. The topological polar surface area (TPSA) is 33.0 Å². The van der Waals surface area contributed by atoms with Gasteiger partial charge in [-0.05, 0) is 26.1 Å². The summed E-state index contributed by atoms with van der Waals surface area (Å²) in [6.07, 6.45) is 1.70. The van der Waals surface area contributed by atoms with Gasteiger partial charge in [0.05, 0.1) is 6.07 Å². The largest absolute Gasteiger partial charge is 0.402 e. The summed E-state index contributed by atoms with van der Waals surface area (Å²) < 4.78 is 5.61. The Morgan fingerprint density at radius 1 is 1.45 bits per heavy atom. The smallest absolute Gasteiger partial charge is 0.185 e. The molecule has 0 aliphatic rings. The molecule has 3 heteroatoms. The van der Waals surface area contributed by atoms with Crippen LogP contribution in [0.25, 0.3) is 0 Å². The summed E-state index contributed by atoms with van der Waals surface area (Å²) in [4.78, 5) is 0. The fourth-order valence-corrected chi connectivity index (χ4v) is 1.86. The van der Waals surface area contributed by atoms with Crippen LogP contribution in [-0.2, 0) is 4.43 Å². The Labute approximate surface area is 70.3 Å². The Morgan fingerprint density at radius 2 is 2.00 bits per heavy atom. The van der Waals surface area contributed by atoms with E-state index in [9.17, 15) is 0 Å². The standard InChI is InChI=1S/C8H17NOSi/c1-5-6-8(7-9)10-11(2,3)4/h8H,5-6H2,1-4H3/t8-/m1/s1. The SMILES string of the molecule is CCC[C@H](C#N)O[Si](C)(C)C. The second-order valence-electron chi connectivity index (χ2n) is 3.64. The van der Waals surface area contributed by atoms with E-state index in [1.807, 2.05) is 0 Å². The van der Waals surface area contributed by atoms with Crippen molar-refractivity contribution in [2.24, 2.45) is 0 Å². The first-order chi connectivity index (χ1) is 4.99. The maximum Gasteiger partial charge on any atom is 0.185 e. The predicted octanol–water partition coefficient (Wildman–Crippen LogP) is 2.53. The summed E-state index contributed by atoms with van der Waals surface area (Å²) in [6.45, 7) is 8.38. The molecule has 0 aliphatic carbocycles. The van der Waals surface area contributed by atoms with Gasteiger partial charge in [-0.1, -0.05) is 13.3 Å². The molecule has 1 atom stereocenters. The van der Waals surface area contributed by atoms with Crippen molar-refractivity contribution in [1.29, 1.82) is 5.26 Å². The van der Waals surface area contributed by atoms with Crippen LogP contribution >= 0.6 is 0 Å². The van der Waals surface area contributed by atoms with Gasteiger partial charge in [0.2, 0.25) is 0 Å². The molecule has 2 nitrogen and oxygen atoms in total. The highest BCUT2D eigenvalue weighted by molar-refractivity contribution is 6.69. The monoisotopic (exact) mass is 171 g/mol. The number of hydrogen-bond acceptors (Lipinski definition) is 2. The molecule has 0 amide bonds. The van der Waals surface area contributed by atoms with Gasteiger partial charge in [0.15, 0.2) is 8.32 Å². The van der Waals surface area contributed by atoms with Crippen LogP contribution in [0.2, 0.25) is 19.6 Å². The van der Waals surface area contributed by atoms with Crippen molar-refractivity contribution < 1.29 is 4.43 Å². The van der Waals surface area contributed by atoms with Crippen LogP contribution < -0.4 is 0 Å². The van der Waals surface area contributed by atoms with Crippen LogP contribution in [0.1, 0.15) is 19.8 Å². The Hall–Kier alpha value is -0.333. The second kappa shape index (κ2) is 4.53. The van der Waals surface area contributed by atoms with Crippen LogP contribution in [0.5, 0.6) is 0 Å². The van der Waals surface area contributed by atoms with Gasteiger partial charge < -0.3 is 4.43 Å². The molecule has 0 saturated carbocycles. The van der Waals surface area contributed by atoms with E-state index in [4.69, 9.17) is 9.69 Å². The minimum Gasteiger partial charge on any atom is -0.402 e. The molecular formula is C8H17NOSi. The van der Waals surface area contributed by atoms with Crippen molar-refractivity contribution in [2.45, 2.75) is 45.5 Å². The minimum absolute atomic E-state index is 0.174. The Balaban J connectivity index is 3.81. The zero-order valence-corrected chi connectivity index (χ0v) is 8.85. The van der Waals surface area contributed by atoms with Gasteiger partial charge >= 0.3 is 0 Å². The average Bonchev–Trinajstić information content (AvgIpc) is 1.84. The van der Waals surface area contributed by atoms with Gasteiger partial charge in [-0.2, -0.15) is 5.26 Å². The molecule has 0 rings (SSSR count). The molecule has 0 unspecified atom stereocenters. The molecule has 0 bridgehead atoms. The lowest BCUT2D eigenvalue weighted by atomic mass is 10.2. The molecule has 0 radical (unpaired) electrons. The molecule has 0 fully saturated rings. The van der Waals surface area contributed by atoms with Crippen molar-refractivity contribution >= 4 is 8.32 Å². The van der Waals surface area contributed by atoms with E-state index in [0.717, 1.165) is 12.8 Å². The van der Waals surface area contributed by atoms with Crippen LogP contribution in [0, 0.1) is 11.3 Å². The minimum atomic E-state index is -1.50. The first-order valence-electron chi connectivity index (χ1n) is 4.07. The summed E-state index contributed by atoms with van der Waals surface area (Å²) in [7, 11) is -1.50. The van der Waals surface area contributed by atoms with Gasteiger partial charge in [-0.25, -0.2) is 0 Å². The van der Waals surface area contributed by atoms with E-state index >= 15 is 0 Å². The number of nitriles is 1. The molecule has 0 aromatic rings. The van der Waals surface area contributed by atoms with E-state index in [0.29, 0.717) is 0 Å². The predicted molar refractivity (Wildman–Crippen MR) is 48.7 cm³/mol. The van der Waals surface area contributed by atoms with E-state index in [-0.39, 0.29) is 6.10 Å². The molecule has 0 aliphatic heterocycles. The first-order valence-corrected chi connectivity index (χ1v) is 7.48. The summed E-state index contributed by atoms with van der Waals surface area (Å²) in [5, 5.41) is 8.67. The van der Waals surface area contributed by atoms with E-state index < -0.39 is 8.32 Å². The van der Waals surface area contributed by atoms with Gasteiger partial charge in [0.1, 0.15) is 6.10 Å². The van der Waals surface area contributed by atoms with Crippen LogP contribution in [0.3, 0.4) is 0 Å². The quantitative estimate of drug-likeness (QED) is 0.609. The molecule has 64 valence electrons. The maximum atomic E-state index is 8.67. The normalized spacial score (nSPS) is 14.1. The highest BCUT2D eigenvalue weighted by Crippen LogP contribution is 2.10. The average molecular weight is 171 g/mol. The van der Waals surface area contributed by atoms with Crippen molar-refractivity contribution in [3.8, 4) is 6.07 Å². The third kappa shape index (κ3) is 6.08. The van der Waals surface area contributed by atoms with Crippen molar-refractivity contribution in [2.75, 3.05) is 0 Å². The lowest BCUT2D eigenvalue weighted by Gasteiger charge is -2.20. The fourth-order valence-electron chi connectivity index (χ4n) is 0.839. The third-order valence-electron chi connectivity index (χ3n) is 1.19. The summed E-state index contributed by atoms with van der Waals surface area (Å²) in [5.41, 5.74) is 0. The van der Waals surface area contributed by atoms with Crippen molar-refractivity contribution in [3.63, 3.8) is 0 Å². The Kier molecular flexibility index (Phi) is 4.39. The zero-order valence-electron chi connectivity index (χ0n) is 7.85. The summed E-state index contributed by atoms with van der Waals surface area (Å²) >= 11 is 0. The van der Waals surface area contributed by atoms with Crippen LogP contribution in [0.4, 0.5) is 0 Å². The number of nitrogens with zero attached hydrogens (tertiary/aromatic N) is 1. The van der Waals surface area contributed by atoms with Gasteiger partial charge in [0.25, 0.3) is 0 Å². The van der Waals surface area contributed by atoms with Crippen molar-refractivity contribution in [1.82, 2.24) is 0 Å². The lowest BCUT2D eigenvalue weighted by Crippen LogP contribution is -2.31. The second-order valence-corrected chi connectivity index (χ2v) is 8.10. The molecule has 0 spiro atoms. The van der Waals surface area contributed by atoms with Gasteiger partial charge in [-0.3, -0.25) is 0 Å². The Bertz CT molecular complexity index is 145. The van der Waals surface area contributed by atoms with Gasteiger partial charge in [0, 0.05) is 0 Å². The molecule has 0 heterocycles. The zero-order chi connectivity index (χ0) is 8.91. The van der Waals surface area contributed by atoms with Crippen molar-refractivity contribution in [3.05, 3.63) is 0 Å². The maximum absolute atomic E-state index is 8.67. The fraction of sp³-hybridized carbons (Fsp3) is 0.875. The van der Waals surface area contributed by atoms with Crippen LogP contribution in [0.15, 0.2) is 0 Å². The molecule has 0 saturated heterocycles. The van der Waals surface area contributed by atoms with E-state index in [1.165, 1.54) is 0 Å². The Morgan fingerprint density at radius 3 is 2.27 bits per heavy atom. The van der Waals surface area contributed by atoms with E-state index in [2.05, 4.69) is 32.6 Å².